The third kappa shape index (κ3) is 7.29. The second kappa shape index (κ2) is 10.2. The van der Waals surface area contributed by atoms with Gasteiger partial charge in [0.2, 0.25) is 0 Å². The molecule has 118 valence electrons. The predicted molar refractivity (Wildman–Crippen MR) is 89.9 cm³/mol. The summed E-state index contributed by atoms with van der Waals surface area (Å²) in [6, 6.07) is 10.7. The summed E-state index contributed by atoms with van der Waals surface area (Å²) < 4.78 is 5.34. The van der Waals surface area contributed by atoms with Crippen LogP contribution in [-0.4, -0.2) is 62.6 Å². The number of nitrogens with two attached hydrogens (primary N) is 1. The van der Waals surface area contributed by atoms with Crippen molar-refractivity contribution in [2.75, 3.05) is 51.7 Å². The van der Waals surface area contributed by atoms with Crippen LogP contribution in [0.15, 0.2) is 35.2 Å². The molecule has 1 aromatic rings. The Kier molecular flexibility index (Phi) is 8.14. The van der Waals surface area contributed by atoms with Crippen LogP contribution in [0.3, 0.4) is 0 Å². The molecule has 0 bridgehead atoms. The maximum atomic E-state index is 6.16. The molecule has 21 heavy (non-hydrogen) atoms. The van der Waals surface area contributed by atoms with Gasteiger partial charge in [0.05, 0.1) is 13.2 Å². The lowest BCUT2D eigenvalue weighted by molar-refractivity contribution is 0.0384. The first kappa shape index (κ1) is 16.8. The molecule has 0 radical (unpaired) electrons. The molecule has 5 heteroatoms. The highest BCUT2D eigenvalue weighted by molar-refractivity contribution is 7.99. The van der Waals surface area contributed by atoms with Gasteiger partial charge in [-0.3, -0.25) is 4.90 Å². The number of nitrogens with one attached hydrogen (secondary N) is 1. The number of ether oxygens (including phenoxy) is 1. The van der Waals surface area contributed by atoms with E-state index in [2.05, 4.69) is 34.5 Å². The molecule has 0 amide bonds. The first-order chi connectivity index (χ1) is 10.3. The Bertz CT molecular complexity index is 371. The summed E-state index contributed by atoms with van der Waals surface area (Å²) in [6.45, 7) is 7.03. The topological polar surface area (TPSA) is 50.5 Å². The quantitative estimate of drug-likeness (QED) is 0.534. The summed E-state index contributed by atoms with van der Waals surface area (Å²) >= 11 is 1.84. The van der Waals surface area contributed by atoms with Crippen molar-refractivity contribution in [3.05, 3.63) is 30.3 Å². The van der Waals surface area contributed by atoms with Crippen molar-refractivity contribution >= 4 is 11.8 Å². The van der Waals surface area contributed by atoms with E-state index in [4.69, 9.17) is 10.5 Å². The zero-order valence-corrected chi connectivity index (χ0v) is 13.5. The van der Waals surface area contributed by atoms with Crippen molar-refractivity contribution in [3.63, 3.8) is 0 Å². The molecule has 0 saturated carbocycles. The Morgan fingerprint density at radius 2 is 1.95 bits per heavy atom. The molecule has 1 aliphatic rings. The summed E-state index contributed by atoms with van der Waals surface area (Å²) in [5, 5.41) is 3.49. The van der Waals surface area contributed by atoms with Crippen LogP contribution in [0.1, 0.15) is 6.42 Å². The van der Waals surface area contributed by atoms with Gasteiger partial charge in [0.1, 0.15) is 0 Å². The van der Waals surface area contributed by atoms with Crippen molar-refractivity contribution in [2.24, 2.45) is 5.73 Å². The molecular formula is C16H27N3OS. The summed E-state index contributed by atoms with van der Waals surface area (Å²) in [6.07, 6.45) is 1.03. The van der Waals surface area contributed by atoms with Gasteiger partial charge in [-0.05, 0) is 25.1 Å². The number of rotatable bonds is 9. The number of morpholine rings is 1. The van der Waals surface area contributed by atoms with Gasteiger partial charge in [-0.2, -0.15) is 0 Å². The SMILES string of the molecule is N[C@H](CCNCCN1CCOCC1)CSc1ccccc1. The van der Waals surface area contributed by atoms with Crippen LogP contribution < -0.4 is 11.1 Å². The Morgan fingerprint density at radius 1 is 1.19 bits per heavy atom. The Balaban J connectivity index is 1.46. The van der Waals surface area contributed by atoms with Crippen LogP contribution >= 0.6 is 11.8 Å². The monoisotopic (exact) mass is 309 g/mol. The molecule has 1 atom stereocenters. The third-order valence-corrected chi connectivity index (χ3v) is 4.81. The number of hydrogen-bond acceptors (Lipinski definition) is 5. The fourth-order valence-corrected chi connectivity index (χ4v) is 3.20. The summed E-state index contributed by atoms with van der Waals surface area (Å²) in [5.74, 6) is 0.981. The van der Waals surface area contributed by atoms with Crippen molar-refractivity contribution in [2.45, 2.75) is 17.4 Å². The van der Waals surface area contributed by atoms with Crippen LogP contribution in [0.5, 0.6) is 0 Å². The maximum absolute atomic E-state index is 6.16. The van der Waals surface area contributed by atoms with Gasteiger partial charge in [0.15, 0.2) is 0 Å². The minimum absolute atomic E-state index is 0.256. The van der Waals surface area contributed by atoms with Crippen molar-refractivity contribution in [3.8, 4) is 0 Å². The maximum Gasteiger partial charge on any atom is 0.0594 e. The molecule has 3 N–H and O–H groups in total. The lowest BCUT2D eigenvalue weighted by atomic mass is 10.2. The number of thioether (sulfide) groups is 1. The second-order valence-electron chi connectivity index (χ2n) is 5.38. The molecule has 1 heterocycles. The molecule has 4 nitrogen and oxygen atoms in total. The van der Waals surface area contributed by atoms with Gasteiger partial charge >= 0.3 is 0 Å². The molecule has 1 saturated heterocycles. The molecule has 0 spiro atoms. The number of benzene rings is 1. The molecule has 0 unspecified atom stereocenters. The lowest BCUT2D eigenvalue weighted by Gasteiger charge is -2.26. The normalized spacial score (nSPS) is 17.8. The fraction of sp³-hybridized carbons (Fsp3) is 0.625. The average Bonchev–Trinajstić information content (AvgIpc) is 2.54. The summed E-state index contributed by atoms with van der Waals surface area (Å²) in [7, 11) is 0. The molecule has 0 aromatic heterocycles. The fourth-order valence-electron chi connectivity index (χ4n) is 2.28. The van der Waals surface area contributed by atoms with E-state index in [1.807, 2.05) is 17.8 Å². The zero-order valence-electron chi connectivity index (χ0n) is 12.7. The van der Waals surface area contributed by atoms with E-state index in [1.54, 1.807) is 0 Å². The average molecular weight is 309 g/mol. The largest absolute Gasteiger partial charge is 0.379 e. The van der Waals surface area contributed by atoms with Crippen LogP contribution in [-0.2, 0) is 4.74 Å². The van der Waals surface area contributed by atoms with Crippen LogP contribution in [0.25, 0.3) is 0 Å². The molecular weight excluding hydrogens is 282 g/mol. The minimum Gasteiger partial charge on any atom is -0.379 e. The standard InChI is InChI=1S/C16H27N3OS/c17-15(14-21-16-4-2-1-3-5-16)6-7-18-8-9-19-10-12-20-13-11-19/h1-5,15,18H,6-14,17H2/t15-/m1/s1. The lowest BCUT2D eigenvalue weighted by Crippen LogP contribution is -2.40. The predicted octanol–water partition coefficient (Wildman–Crippen LogP) is 1.42. The number of hydrogen-bond donors (Lipinski definition) is 2. The van der Waals surface area contributed by atoms with E-state index in [9.17, 15) is 0 Å². The second-order valence-corrected chi connectivity index (χ2v) is 6.47. The Morgan fingerprint density at radius 3 is 2.71 bits per heavy atom. The van der Waals surface area contributed by atoms with Gasteiger partial charge in [-0.25, -0.2) is 0 Å². The van der Waals surface area contributed by atoms with Crippen LogP contribution in [0.2, 0.25) is 0 Å². The molecule has 1 aromatic carbocycles. The van der Waals surface area contributed by atoms with Crippen LogP contribution in [0, 0.1) is 0 Å². The van der Waals surface area contributed by atoms with Crippen LogP contribution in [0.4, 0.5) is 0 Å². The van der Waals surface area contributed by atoms with Gasteiger partial charge in [0, 0.05) is 42.9 Å². The van der Waals surface area contributed by atoms with Gasteiger partial charge in [0.25, 0.3) is 0 Å². The Labute approximate surface area is 132 Å². The molecule has 2 rings (SSSR count). The van der Waals surface area contributed by atoms with Crippen molar-refractivity contribution in [1.82, 2.24) is 10.2 Å². The van der Waals surface area contributed by atoms with Gasteiger partial charge in [-0.1, -0.05) is 18.2 Å². The first-order valence-corrected chi connectivity index (χ1v) is 8.77. The number of nitrogens with zero attached hydrogens (tertiary/aromatic N) is 1. The van der Waals surface area contributed by atoms with Crippen molar-refractivity contribution < 1.29 is 4.74 Å². The molecule has 0 aliphatic carbocycles. The first-order valence-electron chi connectivity index (χ1n) is 7.79. The Hall–Kier alpha value is -0.590. The summed E-state index contributed by atoms with van der Waals surface area (Å²) in [4.78, 5) is 3.75. The van der Waals surface area contributed by atoms with Gasteiger partial charge < -0.3 is 15.8 Å². The van der Waals surface area contributed by atoms with E-state index in [0.717, 1.165) is 58.1 Å². The highest BCUT2D eigenvalue weighted by atomic mass is 32.2. The highest BCUT2D eigenvalue weighted by Crippen LogP contribution is 2.17. The minimum atomic E-state index is 0.256. The van der Waals surface area contributed by atoms with E-state index >= 15 is 0 Å². The van der Waals surface area contributed by atoms with E-state index in [0.29, 0.717) is 0 Å². The highest BCUT2D eigenvalue weighted by Gasteiger charge is 2.09. The third-order valence-electron chi connectivity index (χ3n) is 3.61. The van der Waals surface area contributed by atoms with E-state index < -0.39 is 0 Å². The van der Waals surface area contributed by atoms with Gasteiger partial charge in [-0.15, -0.1) is 11.8 Å². The smallest absolute Gasteiger partial charge is 0.0594 e. The molecule has 1 fully saturated rings. The summed E-state index contributed by atoms with van der Waals surface area (Å²) in [5.41, 5.74) is 6.16. The zero-order chi connectivity index (χ0) is 14.8. The van der Waals surface area contributed by atoms with E-state index in [1.165, 1.54) is 4.90 Å². The van der Waals surface area contributed by atoms with Crippen molar-refractivity contribution in [1.29, 1.82) is 0 Å². The van der Waals surface area contributed by atoms with E-state index in [-0.39, 0.29) is 6.04 Å². The molecule has 1 aliphatic heterocycles.